The zero-order chi connectivity index (χ0) is 23.4. The topological polar surface area (TPSA) is 57.6 Å². The summed E-state index contributed by atoms with van der Waals surface area (Å²) in [6.07, 6.45) is -2.88. The fourth-order valence-corrected chi connectivity index (χ4v) is 8.55. The van der Waals surface area contributed by atoms with Gasteiger partial charge in [0.05, 0.1) is 11.5 Å². The molecule has 1 N–H and O–H groups in total. The molecule has 1 spiro atoms. The first-order chi connectivity index (χ1) is 14.8. The molecule has 1 aliphatic carbocycles. The third-order valence-electron chi connectivity index (χ3n) is 7.57. The van der Waals surface area contributed by atoms with E-state index in [9.17, 15) is 26.7 Å². The summed E-state index contributed by atoms with van der Waals surface area (Å²) in [5, 5.41) is 10.5. The molecule has 1 atom stereocenters. The van der Waals surface area contributed by atoms with Crippen LogP contribution in [-0.4, -0.2) is 61.3 Å². The fraction of sp³-hybridized carbons (Fsp3) is 0.739. The van der Waals surface area contributed by atoms with Gasteiger partial charge in [0.25, 0.3) is 0 Å². The summed E-state index contributed by atoms with van der Waals surface area (Å²) in [4.78, 5) is 2.36. The van der Waals surface area contributed by atoms with Gasteiger partial charge in [0.1, 0.15) is 0 Å². The maximum absolute atomic E-state index is 13.0. The Morgan fingerprint density at radius 2 is 1.88 bits per heavy atom. The van der Waals surface area contributed by atoms with Crippen LogP contribution < -0.4 is 0 Å². The van der Waals surface area contributed by atoms with Crippen molar-refractivity contribution in [3.8, 4) is 0 Å². The molecule has 4 rings (SSSR count). The molecule has 2 aliphatic heterocycles. The highest BCUT2D eigenvalue weighted by Crippen LogP contribution is 2.47. The summed E-state index contributed by atoms with van der Waals surface area (Å²) in [6, 6.07) is 5.85. The summed E-state index contributed by atoms with van der Waals surface area (Å²) in [5.74, 6) is 0.948. The van der Waals surface area contributed by atoms with Gasteiger partial charge in [-0.1, -0.05) is 30.7 Å². The zero-order valence-corrected chi connectivity index (χ0v) is 19.9. The van der Waals surface area contributed by atoms with Crippen molar-refractivity contribution < 1.29 is 26.7 Å². The Morgan fingerprint density at radius 3 is 2.44 bits per heavy atom. The normalized spacial score (nSPS) is 30.9. The van der Waals surface area contributed by atoms with Crippen molar-refractivity contribution >= 4 is 21.4 Å². The van der Waals surface area contributed by atoms with Gasteiger partial charge in [-0.3, -0.25) is 0 Å². The molecule has 0 unspecified atom stereocenters. The number of likely N-dealkylation sites (tertiary alicyclic amines) is 1. The van der Waals surface area contributed by atoms with E-state index in [1.165, 1.54) is 0 Å². The summed E-state index contributed by atoms with van der Waals surface area (Å²) in [6.45, 7) is 4.86. The second kappa shape index (κ2) is 8.43. The summed E-state index contributed by atoms with van der Waals surface area (Å²) in [5.41, 5.74) is -0.653. The standard InChI is InChI=1S/C23H31ClF3NO3S/c1-16(12-28-9-8-21(13-28)14-32(30,31)15-21)10-17-2-3-19(20(24)11-17)18-4-6-22(29,7-5-18)23(25,26)27/h2-3,11,16,18,29H,4-10,12-15H2,1H3/t16-,18-,22-/m1/s1. The van der Waals surface area contributed by atoms with Crippen molar-refractivity contribution in [2.75, 3.05) is 31.1 Å². The summed E-state index contributed by atoms with van der Waals surface area (Å²) < 4.78 is 62.3. The van der Waals surface area contributed by atoms with Gasteiger partial charge in [0.2, 0.25) is 0 Å². The zero-order valence-electron chi connectivity index (χ0n) is 18.3. The van der Waals surface area contributed by atoms with Crippen LogP contribution in [0.25, 0.3) is 0 Å². The Bertz CT molecular complexity index is 946. The smallest absolute Gasteiger partial charge is 0.380 e. The van der Waals surface area contributed by atoms with Crippen molar-refractivity contribution in [3.63, 3.8) is 0 Å². The maximum Gasteiger partial charge on any atom is 0.417 e. The SMILES string of the molecule is C[C@H](Cc1ccc([C@H]2CC[C@@](O)(C(F)(F)F)CC2)c(Cl)c1)CN1CCC2(C1)CS(=O)(=O)C2. The monoisotopic (exact) mass is 493 g/mol. The average molecular weight is 494 g/mol. The molecule has 9 heteroatoms. The molecule has 180 valence electrons. The Morgan fingerprint density at radius 1 is 1.22 bits per heavy atom. The number of aliphatic hydroxyl groups is 1. The number of benzene rings is 1. The molecule has 0 amide bonds. The van der Waals surface area contributed by atoms with E-state index in [1.807, 2.05) is 18.2 Å². The predicted molar refractivity (Wildman–Crippen MR) is 119 cm³/mol. The van der Waals surface area contributed by atoms with Crippen LogP contribution in [0.1, 0.15) is 56.1 Å². The molecule has 1 aromatic rings. The molecule has 0 bridgehead atoms. The number of alkyl halides is 3. The molecule has 2 saturated heterocycles. The molecule has 1 saturated carbocycles. The highest BCUT2D eigenvalue weighted by atomic mass is 35.5. The molecular weight excluding hydrogens is 463 g/mol. The van der Waals surface area contributed by atoms with E-state index in [-0.39, 0.29) is 37.0 Å². The summed E-state index contributed by atoms with van der Waals surface area (Å²) in [7, 11) is -2.82. The van der Waals surface area contributed by atoms with Crippen LogP contribution in [-0.2, 0) is 16.3 Å². The minimum absolute atomic E-state index is 0.0260. The lowest BCUT2D eigenvalue weighted by atomic mass is 9.75. The molecule has 4 nitrogen and oxygen atoms in total. The second-order valence-electron chi connectivity index (χ2n) is 10.5. The fourth-order valence-electron chi connectivity index (χ4n) is 5.94. The number of nitrogens with zero attached hydrogens (tertiary/aromatic N) is 1. The van der Waals surface area contributed by atoms with E-state index in [2.05, 4.69) is 11.8 Å². The Kier molecular flexibility index (Phi) is 6.40. The number of sulfone groups is 1. The molecular formula is C23H31ClF3NO3S. The van der Waals surface area contributed by atoms with Crippen LogP contribution in [0.3, 0.4) is 0 Å². The summed E-state index contributed by atoms with van der Waals surface area (Å²) >= 11 is 6.52. The molecule has 2 heterocycles. The van der Waals surface area contributed by atoms with Gasteiger partial charge in [-0.2, -0.15) is 13.2 Å². The molecule has 1 aromatic carbocycles. The predicted octanol–water partition coefficient (Wildman–Crippen LogP) is 4.59. The van der Waals surface area contributed by atoms with Crippen molar-refractivity contribution in [2.45, 2.75) is 63.1 Å². The van der Waals surface area contributed by atoms with Gasteiger partial charge in [-0.15, -0.1) is 0 Å². The van der Waals surface area contributed by atoms with Gasteiger partial charge < -0.3 is 10.0 Å². The highest BCUT2D eigenvalue weighted by Gasteiger charge is 2.55. The molecule has 0 radical (unpaired) electrons. The van der Waals surface area contributed by atoms with E-state index in [1.54, 1.807) is 0 Å². The van der Waals surface area contributed by atoms with E-state index in [4.69, 9.17) is 11.6 Å². The average Bonchev–Trinajstić information content (AvgIpc) is 3.03. The number of hydrogen-bond acceptors (Lipinski definition) is 4. The van der Waals surface area contributed by atoms with Crippen molar-refractivity contribution in [1.29, 1.82) is 0 Å². The number of halogens is 4. The second-order valence-corrected chi connectivity index (χ2v) is 13.0. The van der Waals surface area contributed by atoms with Crippen molar-refractivity contribution in [3.05, 3.63) is 34.3 Å². The largest absolute Gasteiger partial charge is 0.417 e. The first-order valence-corrected chi connectivity index (χ1v) is 13.5. The third kappa shape index (κ3) is 4.98. The molecule has 0 aromatic heterocycles. The van der Waals surface area contributed by atoms with Crippen LogP contribution in [0, 0.1) is 11.3 Å². The van der Waals surface area contributed by atoms with Crippen molar-refractivity contribution in [1.82, 2.24) is 4.90 Å². The first kappa shape index (κ1) is 24.3. The van der Waals surface area contributed by atoms with Crippen molar-refractivity contribution in [2.24, 2.45) is 11.3 Å². The van der Waals surface area contributed by atoms with Crippen LogP contribution in [0.2, 0.25) is 5.02 Å². The van der Waals surface area contributed by atoms with E-state index < -0.39 is 21.6 Å². The van der Waals surface area contributed by atoms with Gasteiger partial charge in [-0.05, 0) is 74.1 Å². The van der Waals surface area contributed by atoms with E-state index >= 15 is 0 Å². The van der Waals surface area contributed by atoms with Crippen LogP contribution in [0.15, 0.2) is 18.2 Å². The molecule has 32 heavy (non-hydrogen) atoms. The number of rotatable bonds is 5. The molecule has 3 fully saturated rings. The first-order valence-electron chi connectivity index (χ1n) is 11.3. The van der Waals surface area contributed by atoms with E-state index in [0.717, 1.165) is 43.6 Å². The van der Waals surface area contributed by atoms with Crippen LogP contribution >= 0.6 is 11.6 Å². The highest BCUT2D eigenvalue weighted by molar-refractivity contribution is 7.92. The Balaban J connectivity index is 1.30. The Labute approximate surface area is 193 Å². The quantitative estimate of drug-likeness (QED) is 0.651. The lowest BCUT2D eigenvalue weighted by Gasteiger charge is -2.37. The minimum Gasteiger partial charge on any atom is -0.380 e. The van der Waals surface area contributed by atoms with E-state index in [0.29, 0.717) is 22.4 Å². The van der Waals surface area contributed by atoms with Gasteiger partial charge in [0, 0.05) is 23.5 Å². The third-order valence-corrected chi connectivity index (χ3v) is 10.0. The van der Waals surface area contributed by atoms with Gasteiger partial charge in [0.15, 0.2) is 15.4 Å². The number of hydrogen-bond donors (Lipinski definition) is 1. The van der Waals surface area contributed by atoms with Crippen LogP contribution in [0.5, 0.6) is 0 Å². The lowest BCUT2D eigenvalue weighted by molar-refractivity contribution is -0.270. The maximum atomic E-state index is 13.0. The van der Waals surface area contributed by atoms with Gasteiger partial charge in [-0.25, -0.2) is 8.42 Å². The Hall–Kier alpha value is -0.830. The lowest BCUT2D eigenvalue weighted by Crippen LogP contribution is -2.50. The molecule has 3 aliphatic rings. The van der Waals surface area contributed by atoms with Crippen LogP contribution in [0.4, 0.5) is 13.2 Å². The van der Waals surface area contributed by atoms with Gasteiger partial charge >= 0.3 is 6.18 Å². The minimum atomic E-state index is -4.59.